The maximum Gasteiger partial charge on any atom is 0.329 e. The van der Waals surface area contributed by atoms with Crippen LogP contribution in [0.3, 0.4) is 0 Å². The fraction of sp³-hybridized carbons (Fsp3) is 0.130. The number of amides is 1. The van der Waals surface area contributed by atoms with E-state index in [1.54, 1.807) is 36.4 Å². The molecule has 0 fully saturated rings. The highest BCUT2D eigenvalue weighted by Gasteiger charge is 2.15. The van der Waals surface area contributed by atoms with E-state index in [9.17, 15) is 22.8 Å². The van der Waals surface area contributed by atoms with Gasteiger partial charge in [0.2, 0.25) is 0 Å². The van der Waals surface area contributed by atoms with Crippen LogP contribution in [0.5, 0.6) is 5.75 Å². The van der Waals surface area contributed by atoms with Crippen molar-refractivity contribution in [2.45, 2.75) is 13.5 Å². The quantitative estimate of drug-likeness (QED) is 0.428. The molecule has 0 unspecified atom stereocenters. The zero-order valence-electron chi connectivity index (χ0n) is 16.7. The molecular formula is C23H18F3NO4. The molecule has 3 aromatic carbocycles. The van der Waals surface area contributed by atoms with Gasteiger partial charge < -0.3 is 9.57 Å². The van der Waals surface area contributed by atoms with Gasteiger partial charge in [0.1, 0.15) is 18.2 Å². The average molecular weight is 429 g/mol. The van der Waals surface area contributed by atoms with Gasteiger partial charge in [-0.3, -0.25) is 9.59 Å². The lowest BCUT2D eigenvalue weighted by Crippen LogP contribution is -2.28. The van der Waals surface area contributed by atoms with Crippen LogP contribution in [0.4, 0.5) is 13.2 Å². The molecule has 1 amide bonds. The highest BCUT2D eigenvalue weighted by molar-refractivity contribution is 5.94. The summed E-state index contributed by atoms with van der Waals surface area (Å²) in [5, 5.41) is 0.846. The van der Waals surface area contributed by atoms with Crippen LogP contribution in [0.25, 0.3) is 11.1 Å². The van der Waals surface area contributed by atoms with E-state index < -0.39 is 29.3 Å². The van der Waals surface area contributed by atoms with Crippen molar-refractivity contribution in [3.05, 3.63) is 89.2 Å². The van der Waals surface area contributed by atoms with Crippen LogP contribution in [0.2, 0.25) is 0 Å². The predicted octanol–water partition coefficient (Wildman–Crippen LogP) is 4.90. The highest BCUT2D eigenvalue weighted by Crippen LogP contribution is 2.27. The monoisotopic (exact) mass is 429 g/mol. The van der Waals surface area contributed by atoms with Crippen LogP contribution in [0.1, 0.15) is 22.8 Å². The van der Waals surface area contributed by atoms with Crippen molar-refractivity contribution in [2.24, 2.45) is 0 Å². The Hall–Kier alpha value is -3.81. The molecular weight excluding hydrogens is 411 g/mol. The van der Waals surface area contributed by atoms with E-state index in [1.807, 2.05) is 0 Å². The molecule has 5 nitrogen and oxygen atoms in total. The highest BCUT2D eigenvalue weighted by atomic mass is 19.2. The van der Waals surface area contributed by atoms with Gasteiger partial charge in [0.15, 0.2) is 11.6 Å². The molecule has 160 valence electrons. The molecule has 0 aromatic heterocycles. The Balaban J connectivity index is 1.68. The van der Waals surface area contributed by atoms with Gasteiger partial charge in [-0.1, -0.05) is 24.3 Å². The number of rotatable bonds is 5. The molecule has 0 N–H and O–H groups in total. The lowest BCUT2D eigenvalue weighted by atomic mass is 10.0. The number of hydrogen-bond acceptors (Lipinski definition) is 4. The van der Waals surface area contributed by atoms with Gasteiger partial charge in [-0.15, -0.1) is 0 Å². The van der Waals surface area contributed by atoms with Gasteiger partial charge in [0, 0.05) is 31.2 Å². The number of benzene rings is 3. The Morgan fingerprint density at radius 1 is 0.903 bits per heavy atom. The number of carbonyl (C=O) groups is 2. The maximum absolute atomic E-state index is 13.9. The standard InChI is InChI=1S/C23H18F3NO4/c1-14(28)31-27(2)23(29)17-5-3-4-15(10-17)13-30-18-8-6-16(7-9-18)19-11-21(25)22(26)12-20(19)24/h3-12H,13H2,1-2H3. The molecule has 8 heteroatoms. The molecule has 0 aliphatic heterocycles. The summed E-state index contributed by atoms with van der Waals surface area (Å²) in [5.74, 6) is -3.89. The maximum atomic E-state index is 13.9. The van der Waals surface area contributed by atoms with Crippen molar-refractivity contribution in [3.8, 4) is 16.9 Å². The molecule has 3 rings (SSSR count). The Labute approximate surface area is 176 Å². The first-order chi connectivity index (χ1) is 14.7. The zero-order chi connectivity index (χ0) is 22.5. The summed E-state index contributed by atoms with van der Waals surface area (Å²) in [6.45, 7) is 1.33. The molecule has 0 atom stereocenters. The van der Waals surface area contributed by atoms with Crippen molar-refractivity contribution >= 4 is 11.9 Å². The van der Waals surface area contributed by atoms with E-state index in [0.717, 1.165) is 11.1 Å². The first-order valence-electron chi connectivity index (χ1n) is 9.18. The summed E-state index contributed by atoms with van der Waals surface area (Å²) in [7, 11) is 1.34. The number of nitrogens with zero attached hydrogens (tertiary/aromatic N) is 1. The summed E-state index contributed by atoms with van der Waals surface area (Å²) < 4.78 is 46.1. The second-order valence-electron chi connectivity index (χ2n) is 6.65. The number of halogens is 3. The number of ether oxygens (including phenoxy) is 1. The van der Waals surface area contributed by atoms with Crippen LogP contribution in [0.15, 0.2) is 60.7 Å². The van der Waals surface area contributed by atoms with Gasteiger partial charge in [-0.2, -0.15) is 5.06 Å². The fourth-order valence-corrected chi connectivity index (χ4v) is 2.85. The van der Waals surface area contributed by atoms with E-state index in [2.05, 4.69) is 0 Å². The van der Waals surface area contributed by atoms with Gasteiger partial charge in [-0.25, -0.2) is 13.2 Å². The summed E-state index contributed by atoms with van der Waals surface area (Å²) in [6, 6.07) is 14.1. The Morgan fingerprint density at radius 2 is 1.58 bits per heavy atom. The van der Waals surface area contributed by atoms with Crippen LogP contribution >= 0.6 is 0 Å². The molecule has 0 saturated carbocycles. The molecule has 0 radical (unpaired) electrons. The third-order valence-electron chi connectivity index (χ3n) is 4.31. The Kier molecular flexibility index (Phi) is 6.59. The molecule has 0 aliphatic rings. The molecule has 0 heterocycles. The molecule has 0 spiro atoms. The lowest BCUT2D eigenvalue weighted by Gasteiger charge is -2.15. The van der Waals surface area contributed by atoms with Crippen molar-refractivity contribution in [1.82, 2.24) is 5.06 Å². The van der Waals surface area contributed by atoms with E-state index in [0.29, 0.717) is 28.5 Å². The van der Waals surface area contributed by atoms with Crippen molar-refractivity contribution in [1.29, 1.82) is 0 Å². The van der Waals surface area contributed by atoms with Gasteiger partial charge in [-0.05, 0) is 41.5 Å². The predicted molar refractivity (Wildman–Crippen MR) is 106 cm³/mol. The number of hydroxylamine groups is 2. The van der Waals surface area contributed by atoms with Crippen molar-refractivity contribution in [2.75, 3.05) is 7.05 Å². The van der Waals surface area contributed by atoms with Gasteiger partial charge in [0.05, 0.1) is 0 Å². The molecule has 0 bridgehead atoms. The normalized spacial score (nSPS) is 10.5. The van der Waals surface area contributed by atoms with E-state index >= 15 is 0 Å². The second-order valence-corrected chi connectivity index (χ2v) is 6.65. The van der Waals surface area contributed by atoms with Gasteiger partial charge in [0.25, 0.3) is 5.91 Å². The van der Waals surface area contributed by atoms with E-state index in [1.165, 1.54) is 26.1 Å². The minimum atomic E-state index is -1.25. The average Bonchev–Trinajstić information content (AvgIpc) is 2.74. The fourth-order valence-electron chi connectivity index (χ4n) is 2.85. The third-order valence-corrected chi connectivity index (χ3v) is 4.31. The molecule has 0 aliphatic carbocycles. The third kappa shape index (κ3) is 5.42. The Bertz CT molecular complexity index is 1120. The Morgan fingerprint density at radius 3 is 2.26 bits per heavy atom. The summed E-state index contributed by atoms with van der Waals surface area (Å²) in [5.41, 5.74) is 1.31. The summed E-state index contributed by atoms with van der Waals surface area (Å²) >= 11 is 0. The largest absolute Gasteiger partial charge is 0.489 e. The molecule has 0 saturated heterocycles. The first kappa shape index (κ1) is 21.9. The van der Waals surface area contributed by atoms with Crippen LogP contribution in [-0.4, -0.2) is 24.0 Å². The lowest BCUT2D eigenvalue weighted by molar-refractivity contribution is -0.170. The van der Waals surface area contributed by atoms with Crippen molar-refractivity contribution < 1.29 is 32.3 Å². The summed E-state index contributed by atoms with van der Waals surface area (Å²) in [6.07, 6.45) is 0. The zero-order valence-corrected chi connectivity index (χ0v) is 16.7. The SMILES string of the molecule is CC(=O)ON(C)C(=O)c1cccc(COc2ccc(-c3cc(F)c(F)cc3F)cc2)c1. The second kappa shape index (κ2) is 9.34. The van der Waals surface area contributed by atoms with Crippen LogP contribution < -0.4 is 4.74 Å². The van der Waals surface area contributed by atoms with Crippen molar-refractivity contribution in [3.63, 3.8) is 0 Å². The number of carbonyl (C=O) groups excluding carboxylic acids is 2. The summed E-state index contributed by atoms with van der Waals surface area (Å²) in [4.78, 5) is 28.0. The minimum Gasteiger partial charge on any atom is -0.489 e. The van der Waals surface area contributed by atoms with Crippen LogP contribution in [-0.2, 0) is 16.2 Å². The topological polar surface area (TPSA) is 55.8 Å². The van der Waals surface area contributed by atoms with E-state index in [4.69, 9.17) is 9.57 Å². The van der Waals surface area contributed by atoms with Gasteiger partial charge >= 0.3 is 5.97 Å². The first-order valence-corrected chi connectivity index (χ1v) is 9.18. The van der Waals surface area contributed by atoms with Crippen LogP contribution in [0, 0.1) is 17.5 Å². The smallest absolute Gasteiger partial charge is 0.329 e. The molecule has 31 heavy (non-hydrogen) atoms. The minimum absolute atomic E-state index is 0.0615. The van der Waals surface area contributed by atoms with E-state index in [-0.39, 0.29) is 12.2 Å². The molecule has 3 aromatic rings. The number of hydrogen-bond donors (Lipinski definition) is 0.